The topological polar surface area (TPSA) is 148 Å². The van der Waals surface area contributed by atoms with Crippen molar-refractivity contribution in [1.29, 1.82) is 0 Å². The number of carboxylic acid groups (broad SMARTS) is 2. The number of aryl methyl sites for hydroxylation is 1. The number of carboxylic acids is 2. The molecule has 1 rings (SSSR count). The molecule has 0 aliphatic rings. The first kappa shape index (κ1) is 20.9. The molecule has 0 spiro atoms. The van der Waals surface area contributed by atoms with Gasteiger partial charge >= 0.3 is 17.9 Å². The summed E-state index contributed by atoms with van der Waals surface area (Å²) in [4.78, 5) is 62.8. The van der Waals surface area contributed by atoms with Crippen LogP contribution in [0.4, 0.5) is 0 Å². The average Bonchev–Trinajstić information content (AvgIpc) is 2.55. The first-order valence-electron chi connectivity index (χ1n) is 7.69. The largest absolute Gasteiger partial charge is 0.481 e. The van der Waals surface area contributed by atoms with E-state index in [9.17, 15) is 29.1 Å². The standard InChI is InChI=1S/C17H19NO8/c1-10-6-12(8-18-7-10)15(23)17(16(24)25,5-3-4-14(21)22)13(20)9-26-11(2)19/h6-8H,3-5,9H2,1-2H3,(H,21,22)(H,24,25). The molecule has 140 valence electrons. The number of aromatic nitrogens is 1. The van der Waals surface area contributed by atoms with Gasteiger partial charge in [-0.15, -0.1) is 0 Å². The van der Waals surface area contributed by atoms with Crippen LogP contribution in [0.25, 0.3) is 0 Å². The van der Waals surface area contributed by atoms with Crippen LogP contribution in [0.2, 0.25) is 0 Å². The number of hydrogen-bond acceptors (Lipinski definition) is 7. The summed E-state index contributed by atoms with van der Waals surface area (Å²) in [7, 11) is 0. The molecule has 0 aromatic carbocycles. The SMILES string of the molecule is CC(=O)OCC(=O)C(CCCC(=O)O)(C(=O)O)C(=O)c1cncc(C)c1. The van der Waals surface area contributed by atoms with Crippen LogP contribution in [0.3, 0.4) is 0 Å². The minimum atomic E-state index is -2.56. The van der Waals surface area contributed by atoms with Gasteiger partial charge in [0.2, 0.25) is 0 Å². The highest BCUT2D eigenvalue weighted by Crippen LogP contribution is 2.32. The van der Waals surface area contributed by atoms with E-state index < -0.39 is 54.3 Å². The predicted octanol–water partition coefficient (Wildman–Crippen LogP) is 1.03. The first-order valence-corrected chi connectivity index (χ1v) is 7.69. The minimum absolute atomic E-state index is 0.0982. The van der Waals surface area contributed by atoms with Crippen molar-refractivity contribution >= 4 is 29.5 Å². The quantitative estimate of drug-likeness (QED) is 0.352. The fourth-order valence-electron chi connectivity index (χ4n) is 2.42. The third kappa shape index (κ3) is 4.95. The Balaban J connectivity index is 3.33. The number of ketones is 2. The number of pyridine rings is 1. The molecule has 0 aliphatic heterocycles. The van der Waals surface area contributed by atoms with Crippen molar-refractivity contribution in [1.82, 2.24) is 4.98 Å². The Kier molecular flexibility index (Phi) is 7.12. The summed E-state index contributed by atoms with van der Waals surface area (Å²) < 4.78 is 4.56. The molecule has 0 fully saturated rings. The second kappa shape index (κ2) is 8.84. The second-order valence-corrected chi connectivity index (χ2v) is 5.74. The molecule has 0 saturated heterocycles. The summed E-state index contributed by atoms with van der Waals surface area (Å²) in [6.45, 7) is 1.77. The molecule has 1 unspecified atom stereocenters. The predicted molar refractivity (Wildman–Crippen MR) is 86.5 cm³/mol. The number of Topliss-reactive ketones (excluding diaryl/α,β-unsaturated/α-hetero) is 2. The number of aliphatic carboxylic acids is 2. The van der Waals surface area contributed by atoms with Crippen LogP contribution in [-0.2, 0) is 23.9 Å². The lowest BCUT2D eigenvalue weighted by Gasteiger charge is -2.26. The highest BCUT2D eigenvalue weighted by atomic mass is 16.5. The molecule has 9 nitrogen and oxygen atoms in total. The molecule has 0 aliphatic carbocycles. The molecule has 26 heavy (non-hydrogen) atoms. The van der Waals surface area contributed by atoms with E-state index in [0.29, 0.717) is 5.56 Å². The number of rotatable bonds is 10. The van der Waals surface area contributed by atoms with Gasteiger partial charge in [-0.2, -0.15) is 0 Å². The van der Waals surface area contributed by atoms with E-state index in [1.807, 2.05) is 0 Å². The van der Waals surface area contributed by atoms with E-state index in [2.05, 4.69) is 9.72 Å². The molecule has 0 amide bonds. The van der Waals surface area contributed by atoms with Gasteiger partial charge in [0.1, 0.15) is 0 Å². The van der Waals surface area contributed by atoms with Crippen LogP contribution >= 0.6 is 0 Å². The molecule has 0 saturated carbocycles. The number of ether oxygens (including phenoxy) is 1. The maximum Gasteiger partial charge on any atom is 0.325 e. The molecule has 0 bridgehead atoms. The normalized spacial score (nSPS) is 12.7. The Bertz CT molecular complexity index is 742. The smallest absolute Gasteiger partial charge is 0.325 e. The van der Waals surface area contributed by atoms with Gasteiger partial charge in [-0.25, -0.2) is 0 Å². The van der Waals surface area contributed by atoms with Gasteiger partial charge in [0.05, 0.1) is 0 Å². The molecular weight excluding hydrogens is 346 g/mol. The van der Waals surface area contributed by atoms with Crippen LogP contribution in [-0.4, -0.2) is 51.3 Å². The van der Waals surface area contributed by atoms with Gasteiger partial charge in [0, 0.05) is 31.3 Å². The monoisotopic (exact) mass is 365 g/mol. The highest BCUT2D eigenvalue weighted by Gasteiger charge is 2.52. The molecule has 2 N–H and O–H groups in total. The lowest BCUT2D eigenvalue weighted by Crippen LogP contribution is -2.48. The number of hydrogen-bond donors (Lipinski definition) is 2. The van der Waals surface area contributed by atoms with Gasteiger partial charge in [-0.05, 0) is 31.4 Å². The molecule has 1 heterocycles. The van der Waals surface area contributed by atoms with Gasteiger partial charge in [-0.1, -0.05) is 0 Å². The molecule has 1 atom stereocenters. The Labute approximate surface area is 149 Å². The summed E-state index contributed by atoms with van der Waals surface area (Å²) in [5, 5.41) is 18.4. The Morgan fingerprint density at radius 3 is 2.31 bits per heavy atom. The van der Waals surface area contributed by atoms with E-state index in [1.165, 1.54) is 12.3 Å². The number of esters is 1. The summed E-state index contributed by atoms with van der Waals surface area (Å²) in [5.74, 6) is -5.89. The van der Waals surface area contributed by atoms with Gasteiger partial charge in [0.15, 0.2) is 23.6 Å². The van der Waals surface area contributed by atoms with Crippen LogP contribution in [0, 0.1) is 12.3 Å². The second-order valence-electron chi connectivity index (χ2n) is 5.74. The first-order chi connectivity index (χ1) is 12.1. The van der Waals surface area contributed by atoms with Crippen LogP contribution in [0.5, 0.6) is 0 Å². The van der Waals surface area contributed by atoms with Gasteiger partial charge in [-0.3, -0.25) is 29.0 Å². The van der Waals surface area contributed by atoms with E-state index in [4.69, 9.17) is 5.11 Å². The van der Waals surface area contributed by atoms with Crippen molar-refractivity contribution in [3.05, 3.63) is 29.6 Å². The molecular formula is C17H19NO8. The molecule has 1 aromatic rings. The zero-order chi connectivity index (χ0) is 19.9. The van der Waals surface area contributed by atoms with Crippen molar-refractivity contribution < 1.29 is 38.9 Å². The Hall–Kier alpha value is -3.10. The fraction of sp³-hybridized carbons (Fsp3) is 0.412. The van der Waals surface area contributed by atoms with E-state index in [0.717, 1.165) is 13.1 Å². The van der Waals surface area contributed by atoms with E-state index in [-0.39, 0.29) is 12.0 Å². The number of carbonyl (C=O) groups is 5. The Morgan fingerprint density at radius 1 is 1.15 bits per heavy atom. The summed E-state index contributed by atoms with van der Waals surface area (Å²) in [5.41, 5.74) is -2.08. The molecule has 1 aromatic heterocycles. The highest BCUT2D eigenvalue weighted by molar-refractivity contribution is 6.27. The van der Waals surface area contributed by atoms with Gasteiger partial charge in [0.25, 0.3) is 0 Å². The van der Waals surface area contributed by atoms with Crippen molar-refractivity contribution in [3.63, 3.8) is 0 Å². The lowest BCUT2D eigenvalue weighted by atomic mass is 9.73. The maximum absolute atomic E-state index is 12.9. The minimum Gasteiger partial charge on any atom is -0.481 e. The van der Waals surface area contributed by atoms with Crippen LogP contribution < -0.4 is 0 Å². The van der Waals surface area contributed by atoms with E-state index in [1.54, 1.807) is 6.92 Å². The summed E-state index contributed by atoms with van der Waals surface area (Å²) in [6.07, 6.45) is 1.39. The maximum atomic E-state index is 12.9. The number of nitrogens with zero attached hydrogens (tertiary/aromatic N) is 1. The average molecular weight is 365 g/mol. The van der Waals surface area contributed by atoms with Crippen molar-refractivity contribution in [3.8, 4) is 0 Å². The van der Waals surface area contributed by atoms with Crippen LogP contribution in [0.15, 0.2) is 18.5 Å². The fourth-order valence-corrected chi connectivity index (χ4v) is 2.42. The zero-order valence-corrected chi connectivity index (χ0v) is 14.4. The van der Waals surface area contributed by atoms with Crippen molar-refractivity contribution in [2.24, 2.45) is 5.41 Å². The molecule has 0 radical (unpaired) electrons. The van der Waals surface area contributed by atoms with Crippen molar-refractivity contribution in [2.45, 2.75) is 33.1 Å². The summed E-state index contributed by atoms with van der Waals surface area (Å²) >= 11 is 0. The number of carbonyl (C=O) groups excluding carboxylic acids is 3. The van der Waals surface area contributed by atoms with Gasteiger partial charge < -0.3 is 14.9 Å². The lowest BCUT2D eigenvalue weighted by molar-refractivity contribution is -0.157. The zero-order valence-electron chi connectivity index (χ0n) is 14.4. The third-order valence-electron chi connectivity index (χ3n) is 3.71. The third-order valence-corrected chi connectivity index (χ3v) is 3.71. The Morgan fingerprint density at radius 2 is 1.81 bits per heavy atom. The van der Waals surface area contributed by atoms with Crippen LogP contribution in [0.1, 0.15) is 42.1 Å². The van der Waals surface area contributed by atoms with Crippen molar-refractivity contribution in [2.75, 3.05) is 6.61 Å². The van der Waals surface area contributed by atoms with E-state index >= 15 is 0 Å². The summed E-state index contributed by atoms with van der Waals surface area (Å²) in [6, 6.07) is 1.38. The molecule has 9 heteroatoms.